The van der Waals surface area contributed by atoms with Gasteiger partial charge in [0.1, 0.15) is 0 Å². The van der Waals surface area contributed by atoms with E-state index in [-0.39, 0.29) is 24.2 Å². The number of piperidine rings is 1. The summed E-state index contributed by atoms with van der Waals surface area (Å²) in [5.74, 6) is -1.65. The normalized spacial score (nSPS) is 21.2. The summed E-state index contributed by atoms with van der Waals surface area (Å²) in [5, 5.41) is 17.1. The Hall–Kier alpha value is -2.70. The van der Waals surface area contributed by atoms with Gasteiger partial charge in [-0.2, -0.15) is 0 Å². The third kappa shape index (κ3) is 3.08. The Morgan fingerprint density at radius 1 is 1.22 bits per heavy atom. The molecule has 1 aliphatic heterocycles. The molecular weight excluding hydrogens is 296 g/mol. The number of hydrogen-bond acceptors (Lipinski definition) is 4. The number of carbonyl (C=O) groups excluding carboxylic acids is 1. The Balaban J connectivity index is 1.80. The Kier molecular flexibility index (Phi) is 4.10. The number of rotatable bonds is 3. The van der Waals surface area contributed by atoms with Gasteiger partial charge in [0.15, 0.2) is 5.69 Å². The highest BCUT2D eigenvalue weighted by Crippen LogP contribution is 2.23. The van der Waals surface area contributed by atoms with Crippen LogP contribution in [0.5, 0.6) is 0 Å². The molecule has 1 aliphatic rings. The number of aromatic nitrogens is 3. The lowest BCUT2D eigenvalue weighted by atomic mass is 9.93. The highest BCUT2D eigenvalue weighted by atomic mass is 16.4. The van der Waals surface area contributed by atoms with Crippen LogP contribution in [0.4, 0.5) is 0 Å². The van der Waals surface area contributed by atoms with Crippen molar-refractivity contribution in [3.8, 4) is 5.69 Å². The fraction of sp³-hybridized carbons (Fsp3) is 0.375. The molecule has 23 heavy (non-hydrogen) atoms. The number of carboxylic acid groups (broad SMARTS) is 1. The van der Waals surface area contributed by atoms with Gasteiger partial charge in [0.2, 0.25) is 0 Å². The smallest absolute Gasteiger partial charge is 0.308 e. The van der Waals surface area contributed by atoms with Crippen LogP contribution in [-0.2, 0) is 4.79 Å². The molecule has 3 rings (SSSR count). The second kappa shape index (κ2) is 6.20. The van der Waals surface area contributed by atoms with Gasteiger partial charge < -0.3 is 10.0 Å². The van der Waals surface area contributed by atoms with Crippen molar-refractivity contribution in [3.05, 3.63) is 42.2 Å². The van der Waals surface area contributed by atoms with Crippen LogP contribution in [0, 0.1) is 5.92 Å². The quantitative estimate of drug-likeness (QED) is 0.929. The minimum Gasteiger partial charge on any atom is -0.481 e. The van der Waals surface area contributed by atoms with Crippen molar-refractivity contribution < 1.29 is 14.7 Å². The lowest BCUT2D eigenvalue weighted by Crippen LogP contribution is -2.47. The summed E-state index contributed by atoms with van der Waals surface area (Å²) in [4.78, 5) is 25.4. The van der Waals surface area contributed by atoms with Crippen LogP contribution in [0.2, 0.25) is 0 Å². The predicted octanol–water partition coefficient (Wildman–Crippen LogP) is 1.59. The van der Waals surface area contributed by atoms with Crippen LogP contribution >= 0.6 is 0 Å². The third-order valence-electron chi connectivity index (χ3n) is 4.23. The monoisotopic (exact) mass is 314 g/mol. The summed E-state index contributed by atoms with van der Waals surface area (Å²) in [6.45, 7) is 2.14. The summed E-state index contributed by atoms with van der Waals surface area (Å²) >= 11 is 0. The molecule has 1 N–H and O–H groups in total. The first kappa shape index (κ1) is 15.2. The standard InChI is InChI=1S/C16H18N4O3/c1-11-7-8-12(16(22)23)9-19(11)15(21)14-10-20(18-17-14)13-5-3-2-4-6-13/h2-6,10-12H,7-9H2,1H3,(H,22,23). The van der Waals surface area contributed by atoms with E-state index in [1.54, 1.807) is 11.1 Å². The Labute approximate surface area is 133 Å². The van der Waals surface area contributed by atoms with E-state index >= 15 is 0 Å². The fourth-order valence-electron chi connectivity index (χ4n) is 2.81. The third-order valence-corrected chi connectivity index (χ3v) is 4.23. The molecule has 7 heteroatoms. The number of para-hydroxylation sites is 1. The van der Waals surface area contributed by atoms with Crippen LogP contribution < -0.4 is 0 Å². The van der Waals surface area contributed by atoms with Crippen molar-refractivity contribution in [2.75, 3.05) is 6.54 Å². The molecule has 0 spiro atoms. The van der Waals surface area contributed by atoms with E-state index in [0.717, 1.165) is 5.69 Å². The molecule has 0 bridgehead atoms. The molecule has 1 aromatic carbocycles. The predicted molar refractivity (Wildman–Crippen MR) is 82.2 cm³/mol. The second-order valence-electron chi connectivity index (χ2n) is 5.80. The number of benzene rings is 1. The lowest BCUT2D eigenvalue weighted by molar-refractivity contribution is -0.143. The zero-order valence-corrected chi connectivity index (χ0v) is 12.8. The van der Waals surface area contributed by atoms with E-state index in [2.05, 4.69) is 10.3 Å². The summed E-state index contributed by atoms with van der Waals surface area (Å²) in [5.41, 5.74) is 1.04. The summed E-state index contributed by atoms with van der Waals surface area (Å²) < 4.78 is 1.54. The van der Waals surface area contributed by atoms with Gasteiger partial charge in [0.25, 0.3) is 5.91 Å². The Morgan fingerprint density at radius 2 is 1.96 bits per heavy atom. The molecule has 2 heterocycles. The van der Waals surface area contributed by atoms with Gasteiger partial charge in [0, 0.05) is 12.6 Å². The molecule has 2 atom stereocenters. The van der Waals surface area contributed by atoms with E-state index in [4.69, 9.17) is 0 Å². The number of carbonyl (C=O) groups is 2. The van der Waals surface area contributed by atoms with Gasteiger partial charge in [-0.05, 0) is 31.9 Å². The first-order valence-electron chi connectivity index (χ1n) is 7.58. The molecular formula is C16H18N4O3. The second-order valence-corrected chi connectivity index (χ2v) is 5.80. The number of likely N-dealkylation sites (tertiary alicyclic amines) is 1. The number of aliphatic carboxylic acids is 1. The lowest BCUT2D eigenvalue weighted by Gasteiger charge is -2.35. The van der Waals surface area contributed by atoms with E-state index in [0.29, 0.717) is 12.8 Å². The molecule has 0 saturated carbocycles. The first-order chi connectivity index (χ1) is 11.1. The van der Waals surface area contributed by atoms with E-state index in [1.165, 1.54) is 4.68 Å². The summed E-state index contributed by atoms with van der Waals surface area (Å²) in [6, 6.07) is 9.39. The van der Waals surface area contributed by atoms with Crippen LogP contribution in [0.3, 0.4) is 0 Å². The zero-order valence-electron chi connectivity index (χ0n) is 12.8. The van der Waals surface area contributed by atoms with Crippen LogP contribution in [0.15, 0.2) is 36.5 Å². The van der Waals surface area contributed by atoms with Crippen molar-refractivity contribution in [1.29, 1.82) is 0 Å². The highest BCUT2D eigenvalue weighted by Gasteiger charge is 2.33. The van der Waals surface area contributed by atoms with Crippen molar-refractivity contribution in [3.63, 3.8) is 0 Å². The number of amides is 1. The maximum atomic E-state index is 12.6. The van der Waals surface area contributed by atoms with Crippen LogP contribution in [-0.4, -0.2) is 49.5 Å². The topological polar surface area (TPSA) is 88.3 Å². The minimum absolute atomic E-state index is 0.0000229. The van der Waals surface area contributed by atoms with E-state index in [1.807, 2.05) is 37.3 Å². The molecule has 1 saturated heterocycles. The van der Waals surface area contributed by atoms with Crippen molar-refractivity contribution in [2.24, 2.45) is 5.92 Å². The van der Waals surface area contributed by atoms with Crippen LogP contribution in [0.25, 0.3) is 5.69 Å². The average molecular weight is 314 g/mol. The Bertz CT molecular complexity index is 713. The number of nitrogens with zero attached hydrogens (tertiary/aromatic N) is 4. The zero-order chi connectivity index (χ0) is 16.4. The SMILES string of the molecule is CC1CCC(C(=O)O)CN1C(=O)c1cn(-c2ccccc2)nn1. The molecule has 7 nitrogen and oxygen atoms in total. The molecule has 120 valence electrons. The number of carboxylic acids is 1. The van der Waals surface area contributed by atoms with Gasteiger partial charge in [0.05, 0.1) is 17.8 Å². The maximum Gasteiger partial charge on any atom is 0.308 e. The molecule has 2 unspecified atom stereocenters. The van der Waals surface area contributed by atoms with Gasteiger partial charge >= 0.3 is 5.97 Å². The number of hydrogen-bond donors (Lipinski definition) is 1. The Morgan fingerprint density at radius 3 is 2.65 bits per heavy atom. The highest BCUT2D eigenvalue weighted by molar-refractivity contribution is 5.92. The summed E-state index contributed by atoms with van der Waals surface area (Å²) in [6.07, 6.45) is 2.85. The molecule has 2 aromatic rings. The first-order valence-corrected chi connectivity index (χ1v) is 7.58. The van der Waals surface area contributed by atoms with Crippen molar-refractivity contribution >= 4 is 11.9 Å². The van der Waals surface area contributed by atoms with Crippen molar-refractivity contribution in [2.45, 2.75) is 25.8 Å². The molecule has 1 fully saturated rings. The van der Waals surface area contributed by atoms with E-state index in [9.17, 15) is 14.7 Å². The molecule has 0 radical (unpaired) electrons. The van der Waals surface area contributed by atoms with Gasteiger partial charge in [-0.1, -0.05) is 23.4 Å². The molecule has 1 aromatic heterocycles. The fourth-order valence-corrected chi connectivity index (χ4v) is 2.81. The van der Waals surface area contributed by atoms with E-state index < -0.39 is 11.9 Å². The summed E-state index contributed by atoms with van der Waals surface area (Å²) in [7, 11) is 0. The molecule has 1 amide bonds. The van der Waals surface area contributed by atoms with Gasteiger partial charge in [-0.3, -0.25) is 9.59 Å². The maximum absolute atomic E-state index is 12.6. The largest absolute Gasteiger partial charge is 0.481 e. The van der Waals surface area contributed by atoms with Gasteiger partial charge in [-0.25, -0.2) is 4.68 Å². The average Bonchev–Trinajstić information content (AvgIpc) is 3.05. The minimum atomic E-state index is -0.859. The molecule has 0 aliphatic carbocycles. The van der Waals surface area contributed by atoms with Gasteiger partial charge in [-0.15, -0.1) is 5.10 Å². The van der Waals surface area contributed by atoms with Crippen molar-refractivity contribution in [1.82, 2.24) is 19.9 Å². The van der Waals surface area contributed by atoms with Crippen LogP contribution in [0.1, 0.15) is 30.3 Å².